The average molecular weight is 413 g/mol. The lowest BCUT2D eigenvalue weighted by Crippen LogP contribution is -2.16. The van der Waals surface area contributed by atoms with Gasteiger partial charge in [0.1, 0.15) is 12.5 Å². The highest BCUT2D eigenvalue weighted by atomic mass is 19.3. The third kappa shape index (κ3) is 4.53. The second-order valence-electron chi connectivity index (χ2n) is 6.37. The predicted molar refractivity (Wildman–Crippen MR) is 107 cm³/mol. The number of hydrogen-bond donors (Lipinski definition) is 1. The van der Waals surface area contributed by atoms with Crippen molar-refractivity contribution >= 4 is 11.6 Å². The minimum Gasteiger partial charge on any atom is -0.362 e. The van der Waals surface area contributed by atoms with E-state index in [1.807, 2.05) is 0 Å². The quantitative estimate of drug-likeness (QED) is 0.574. The van der Waals surface area contributed by atoms with Gasteiger partial charge < -0.3 is 10.1 Å². The number of benzene rings is 2. The van der Waals surface area contributed by atoms with Crippen LogP contribution in [-0.2, 0) is 17.9 Å². The van der Waals surface area contributed by atoms with Gasteiger partial charge in [-0.25, -0.2) is 17.9 Å². The number of carbonyl (C=O) groups excluding carboxylic acids is 1. The molecule has 154 valence electrons. The molecule has 1 aromatic heterocycles. The first-order valence-electron chi connectivity index (χ1n) is 8.91. The summed E-state index contributed by atoms with van der Waals surface area (Å²) in [6, 6.07) is 10.9. The number of aromatic nitrogens is 2. The molecule has 0 saturated carbocycles. The molecule has 3 aromatic rings. The number of terminal acetylenes is 1. The van der Waals surface area contributed by atoms with Crippen molar-refractivity contribution in [2.24, 2.45) is 0 Å². The molecular formula is C22H18F3N3O2. The Morgan fingerprint density at radius 1 is 1.27 bits per heavy atom. The van der Waals surface area contributed by atoms with Crippen LogP contribution in [0.5, 0.6) is 0 Å². The summed E-state index contributed by atoms with van der Waals surface area (Å²) in [5.74, 6) is 1.25. The SMILES string of the molecule is C#CCc1cc(F)ccc1-c1ccccc1NC(=O)c1nn(COC)cc1C(F)F. The number of nitrogens with zero attached hydrogens (tertiary/aromatic N) is 2. The molecule has 5 nitrogen and oxygen atoms in total. The van der Waals surface area contributed by atoms with Crippen LogP contribution in [0.2, 0.25) is 0 Å². The van der Waals surface area contributed by atoms with Crippen molar-refractivity contribution in [2.75, 3.05) is 12.4 Å². The molecule has 0 unspecified atom stereocenters. The van der Waals surface area contributed by atoms with Gasteiger partial charge in [0.15, 0.2) is 5.69 Å². The fraction of sp³-hybridized carbons (Fsp3) is 0.182. The monoisotopic (exact) mass is 413 g/mol. The van der Waals surface area contributed by atoms with Crippen molar-refractivity contribution in [3.63, 3.8) is 0 Å². The maximum atomic E-state index is 13.7. The molecule has 0 saturated heterocycles. The molecular weight excluding hydrogens is 395 g/mol. The largest absolute Gasteiger partial charge is 0.362 e. The first-order chi connectivity index (χ1) is 14.4. The van der Waals surface area contributed by atoms with Crippen LogP contribution in [0.25, 0.3) is 11.1 Å². The summed E-state index contributed by atoms with van der Waals surface area (Å²) in [5, 5.41) is 6.53. The number of amides is 1. The summed E-state index contributed by atoms with van der Waals surface area (Å²) < 4.78 is 46.4. The zero-order valence-corrected chi connectivity index (χ0v) is 16.0. The Hall–Kier alpha value is -3.57. The molecule has 0 bridgehead atoms. The lowest BCUT2D eigenvalue weighted by Gasteiger charge is -2.14. The number of anilines is 1. The molecule has 1 N–H and O–H groups in total. The molecule has 0 fully saturated rings. The van der Waals surface area contributed by atoms with Crippen LogP contribution < -0.4 is 5.32 Å². The molecule has 3 rings (SSSR count). The summed E-state index contributed by atoms with van der Waals surface area (Å²) in [4.78, 5) is 12.8. The Labute approximate surface area is 171 Å². The Morgan fingerprint density at radius 3 is 2.73 bits per heavy atom. The van der Waals surface area contributed by atoms with Crippen molar-refractivity contribution < 1.29 is 22.7 Å². The predicted octanol–water partition coefficient (Wildman–Crippen LogP) is 4.66. The molecule has 0 aliphatic carbocycles. The lowest BCUT2D eigenvalue weighted by atomic mass is 9.96. The Balaban J connectivity index is 1.99. The topological polar surface area (TPSA) is 56.2 Å². The van der Waals surface area contributed by atoms with Crippen LogP contribution in [-0.4, -0.2) is 22.8 Å². The number of nitrogens with one attached hydrogen (secondary N) is 1. The summed E-state index contributed by atoms with van der Waals surface area (Å²) in [6.07, 6.45) is 3.76. The number of methoxy groups -OCH3 is 1. The highest BCUT2D eigenvalue weighted by Crippen LogP contribution is 2.32. The zero-order valence-electron chi connectivity index (χ0n) is 16.0. The molecule has 8 heteroatoms. The van der Waals surface area contributed by atoms with Gasteiger partial charge in [-0.1, -0.05) is 24.3 Å². The van der Waals surface area contributed by atoms with Gasteiger partial charge in [0.05, 0.1) is 5.56 Å². The van der Waals surface area contributed by atoms with Crippen molar-refractivity contribution in [1.82, 2.24) is 9.78 Å². The fourth-order valence-electron chi connectivity index (χ4n) is 3.06. The molecule has 0 aliphatic heterocycles. The molecule has 30 heavy (non-hydrogen) atoms. The van der Waals surface area contributed by atoms with E-state index >= 15 is 0 Å². The van der Waals surface area contributed by atoms with Gasteiger partial charge in [0.2, 0.25) is 0 Å². The van der Waals surface area contributed by atoms with E-state index < -0.39 is 29.4 Å². The van der Waals surface area contributed by atoms with E-state index in [9.17, 15) is 18.0 Å². The molecule has 0 aliphatic rings. The smallest absolute Gasteiger partial charge is 0.276 e. The van der Waals surface area contributed by atoms with Crippen molar-refractivity contribution in [3.8, 4) is 23.5 Å². The number of hydrogen-bond acceptors (Lipinski definition) is 3. The Morgan fingerprint density at radius 2 is 2.03 bits per heavy atom. The van der Waals surface area contributed by atoms with Crippen LogP contribution in [0, 0.1) is 18.2 Å². The van der Waals surface area contributed by atoms with Crippen LogP contribution in [0.4, 0.5) is 18.9 Å². The van der Waals surface area contributed by atoms with E-state index in [1.165, 1.54) is 19.2 Å². The highest BCUT2D eigenvalue weighted by molar-refractivity contribution is 6.06. The molecule has 1 heterocycles. The average Bonchev–Trinajstić information content (AvgIpc) is 3.14. The first-order valence-corrected chi connectivity index (χ1v) is 8.91. The summed E-state index contributed by atoms with van der Waals surface area (Å²) in [5.41, 5.74) is 1.22. The Bertz CT molecular complexity index is 1100. The van der Waals surface area contributed by atoms with Gasteiger partial charge in [-0.2, -0.15) is 5.10 Å². The van der Waals surface area contributed by atoms with Crippen LogP contribution in [0.15, 0.2) is 48.7 Å². The minimum atomic E-state index is -2.88. The third-order valence-corrected chi connectivity index (χ3v) is 4.33. The second-order valence-corrected chi connectivity index (χ2v) is 6.37. The summed E-state index contributed by atoms with van der Waals surface area (Å²) in [7, 11) is 1.39. The number of rotatable bonds is 7. The second kappa shape index (κ2) is 9.29. The van der Waals surface area contributed by atoms with Gasteiger partial charge in [-0.05, 0) is 29.3 Å². The van der Waals surface area contributed by atoms with Crippen molar-refractivity contribution in [2.45, 2.75) is 19.6 Å². The van der Waals surface area contributed by atoms with Gasteiger partial charge in [0, 0.05) is 31.0 Å². The van der Waals surface area contributed by atoms with Gasteiger partial charge in [0.25, 0.3) is 12.3 Å². The minimum absolute atomic E-state index is 0.0748. The van der Waals surface area contributed by atoms with E-state index in [1.54, 1.807) is 30.3 Å². The summed E-state index contributed by atoms with van der Waals surface area (Å²) in [6.45, 7) is -0.0748. The normalized spacial score (nSPS) is 10.8. The molecule has 0 spiro atoms. The van der Waals surface area contributed by atoms with Gasteiger partial charge in [-0.3, -0.25) is 4.79 Å². The number of para-hydroxylation sites is 1. The summed E-state index contributed by atoms with van der Waals surface area (Å²) >= 11 is 0. The fourth-order valence-corrected chi connectivity index (χ4v) is 3.06. The molecule has 0 atom stereocenters. The van der Waals surface area contributed by atoms with Crippen LogP contribution >= 0.6 is 0 Å². The van der Waals surface area contributed by atoms with E-state index in [0.29, 0.717) is 22.4 Å². The number of carbonyl (C=O) groups is 1. The molecule has 0 radical (unpaired) electrons. The van der Waals surface area contributed by atoms with Crippen molar-refractivity contribution in [1.29, 1.82) is 0 Å². The number of halogens is 3. The lowest BCUT2D eigenvalue weighted by molar-refractivity contribution is 0.0998. The Kier molecular flexibility index (Phi) is 6.54. The molecule has 1 amide bonds. The van der Waals surface area contributed by atoms with E-state index in [0.717, 1.165) is 10.9 Å². The van der Waals surface area contributed by atoms with E-state index in [2.05, 4.69) is 16.3 Å². The van der Waals surface area contributed by atoms with E-state index in [-0.39, 0.29) is 13.2 Å². The number of alkyl halides is 2. The standard InChI is InChI=1S/C22H18F3N3O2/c1-3-6-14-11-15(23)9-10-16(14)17-7-4-5-8-19(17)26-22(29)20-18(21(24)25)12-28(27-20)13-30-2/h1,4-5,7-12,21H,6,13H2,2H3,(H,26,29). The maximum absolute atomic E-state index is 13.7. The maximum Gasteiger partial charge on any atom is 0.276 e. The van der Waals surface area contributed by atoms with E-state index in [4.69, 9.17) is 11.2 Å². The third-order valence-electron chi connectivity index (χ3n) is 4.33. The molecule has 2 aromatic carbocycles. The van der Waals surface area contributed by atoms with Gasteiger partial charge in [-0.15, -0.1) is 12.3 Å². The van der Waals surface area contributed by atoms with Crippen LogP contribution in [0.1, 0.15) is 28.0 Å². The first kappa shape index (κ1) is 21.1. The van der Waals surface area contributed by atoms with Crippen molar-refractivity contribution in [3.05, 3.63) is 71.3 Å². The highest BCUT2D eigenvalue weighted by Gasteiger charge is 2.24. The van der Waals surface area contributed by atoms with Crippen LogP contribution in [0.3, 0.4) is 0 Å². The number of ether oxygens (including phenoxy) is 1. The van der Waals surface area contributed by atoms with Gasteiger partial charge >= 0.3 is 0 Å². The zero-order chi connectivity index (χ0) is 21.7.